The minimum Gasteiger partial charge on any atom is -0.497 e. The summed E-state index contributed by atoms with van der Waals surface area (Å²) in [5, 5.41) is 0.722. The largest absolute Gasteiger partial charge is 0.497 e. The number of aryl methyl sites for hydroxylation is 2. The molecular weight excluding hydrogens is 354 g/mol. The number of carbonyl (C=O) groups excluding carboxylic acids is 1. The molecule has 0 aliphatic heterocycles. The van der Waals surface area contributed by atoms with Gasteiger partial charge in [-0.2, -0.15) is 0 Å². The lowest BCUT2D eigenvalue weighted by atomic mass is 9.93. The van der Waals surface area contributed by atoms with Gasteiger partial charge >= 0.3 is 5.97 Å². The molecule has 0 spiro atoms. The molecule has 3 aromatic rings. The Morgan fingerprint density at radius 3 is 2.61 bits per heavy atom. The van der Waals surface area contributed by atoms with Crippen LogP contribution in [0.1, 0.15) is 40.7 Å². The fourth-order valence-corrected chi connectivity index (χ4v) is 3.94. The van der Waals surface area contributed by atoms with Gasteiger partial charge in [0, 0.05) is 16.9 Å². The van der Waals surface area contributed by atoms with Crippen molar-refractivity contribution in [2.24, 2.45) is 0 Å². The first-order valence-electron chi connectivity index (χ1n) is 9.48. The van der Waals surface area contributed by atoms with Gasteiger partial charge in [0.2, 0.25) is 0 Å². The van der Waals surface area contributed by atoms with Gasteiger partial charge in [0.05, 0.1) is 30.4 Å². The summed E-state index contributed by atoms with van der Waals surface area (Å²) in [7, 11) is 1.62. The van der Waals surface area contributed by atoms with Crippen LogP contribution < -0.4 is 10.5 Å². The zero-order chi connectivity index (χ0) is 19.8. The Labute approximate surface area is 163 Å². The molecule has 4 rings (SSSR count). The number of rotatable bonds is 4. The number of carbonyl (C=O) groups is 1. The van der Waals surface area contributed by atoms with E-state index in [2.05, 4.69) is 4.98 Å². The average molecular weight is 377 g/mol. The number of ether oxygens (including phenoxy) is 2. The zero-order valence-corrected chi connectivity index (χ0v) is 16.3. The summed E-state index contributed by atoms with van der Waals surface area (Å²) in [6.07, 6.45) is 2.84. The number of benzene rings is 1. The fourth-order valence-electron chi connectivity index (χ4n) is 3.94. The van der Waals surface area contributed by atoms with Crippen LogP contribution in [0.2, 0.25) is 0 Å². The van der Waals surface area contributed by atoms with Crippen molar-refractivity contribution >= 4 is 22.7 Å². The van der Waals surface area contributed by atoms with Gasteiger partial charge in [-0.3, -0.25) is 0 Å². The van der Waals surface area contributed by atoms with Crippen molar-refractivity contribution in [3.63, 3.8) is 0 Å². The van der Waals surface area contributed by atoms with Crippen LogP contribution in [0.3, 0.4) is 0 Å². The van der Waals surface area contributed by atoms with Gasteiger partial charge in [0.25, 0.3) is 0 Å². The molecule has 2 heterocycles. The number of fused-ring (bicyclic) bond motifs is 2. The number of methoxy groups -OCH3 is 1. The number of hydrogen-bond acceptors (Lipinski definition) is 6. The molecule has 144 valence electrons. The highest BCUT2D eigenvalue weighted by atomic mass is 16.5. The summed E-state index contributed by atoms with van der Waals surface area (Å²) in [5.74, 6) is 0.337. The molecule has 2 N–H and O–H groups in total. The third kappa shape index (κ3) is 2.85. The Morgan fingerprint density at radius 1 is 1.18 bits per heavy atom. The average Bonchev–Trinajstić information content (AvgIpc) is 3.16. The molecule has 0 radical (unpaired) electrons. The van der Waals surface area contributed by atoms with Gasteiger partial charge in [0.1, 0.15) is 5.75 Å². The lowest BCUT2D eigenvalue weighted by Gasteiger charge is -2.17. The Bertz CT molecular complexity index is 1080. The van der Waals surface area contributed by atoms with Crippen molar-refractivity contribution in [1.29, 1.82) is 0 Å². The highest BCUT2D eigenvalue weighted by molar-refractivity contribution is 6.11. The summed E-state index contributed by atoms with van der Waals surface area (Å²) in [6.45, 7) is 3.89. The van der Waals surface area contributed by atoms with Crippen molar-refractivity contribution in [1.82, 2.24) is 9.97 Å². The SMILES string of the molecule is CCOC(=O)c1c(C)nc2nc3c(c(N)c2c1-c1ccc(OC)cc1)CCC3. The molecule has 28 heavy (non-hydrogen) atoms. The normalized spacial score (nSPS) is 12.8. The first-order chi connectivity index (χ1) is 13.5. The molecule has 1 aromatic carbocycles. The highest BCUT2D eigenvalue weighted by Crippen LogP contribution is 2.40. The highest BCUT2D eigenvalue weighted by Gasteiger charge is 2.26. The Morgan fingerprint density at radius 2 is 1.93 bits per heavy atom. The van der Waals surface area contributed by atoms with Crippen LogP contribution >= 0.6 is 0 Å². The third-order valence-electron chi connectivity index (χ3n) is 5.24. The summed E-state index contributed by atoms with van der Waals surface area (Å²) in [5.41, 5.74) is 12.5. The Balaban J connectivity index is 2.09. The smallest absolute Gasteiger partial charge is 0.340 e. The summed E-state index contributed by atoms with van der Waals surface area (Å²) in [4.78, 5) is 22.2. The van der Waals surface area contributed by atoms with E-state index < -0.39 is 5.97 Å². The molecule has 1 aliphatic rings. The van der Waals surface area contributed by atoms with Crippen LogP contribution in [0.25, 0.3) is 22.2 Å². The maximum Gasteiger partial charge on any atom is 0.340 e. The number of anilines is 1. The van der Waals surface area contributed by atoms with Gasteiger partial charge in [-0.15, -0.1) is 0 Å². The Kier molecular flexibility index (Phi) is 4.63. The minimum atomic E-state index is -0.403. The molecule has 1 aliphatic carbocycles. The van der Waals surface area contributed by atoms with E-state index in [9.17, 15) is 4.79 Å². The maximum absolute atomic E-state index is 12.8. The molecule has 0 bridgehead atoms. The van der Waals surface area contributed by atoms with E-state index >= 15 is 0 Å². The first kappa shape index (κ1) is 18.2. The van der Waals surface area contributed by atoms with E-state index in [1.54, 1.807) is 14.0 Å². The van der Waals surface area contributed by atoms with Crippen molar-refractivity contribution in [3.8, 4) is 16.9 Å². The molecule has 6 heteroatoms. The maximum atomic E-state index is 12.8. The fraction of sp³-hybridized carbons (Fsp3) is 0.318. The molecule has 0 amide bonds. The van der Waals surface area contributed by atoms with Gasteiger partial charge in [-0.05, 0) is 56.4 Å². The van der Waals surface area contributed by atoms with Crippen LogP contribution in [-0.4, -0.2) is 29.7 Å². The molecule has 0 atom stereocenters. The van der Waals surface area contributed by atoms with E-state index in [1.807, 2.05) is 31.2 Å². The number of hydrogen-bond donors (Lipinski definition) is 1. The van der Waals surface area contributed by atoms with Crippen molar-refractivity contribution in [3.05, 3.63) is 46.8 Å². The van der Waals surface area contributed by atoms with E-state index in [-0.39, 0.29) is 6.61 Å². The predicted molar refractivity (Wildman–Crippen MR) is 109 cm³/mol. The summed E-state index contributed by atoms with van der Waals surface area (Å²) in [6, 6.07) is 7.57. The number of pyridine rings is 2. The summed E-state index contributed by atoms with van der Waals surface area (Å²) >= 11 is 0. The minimum absolute atomic E-state index is 0.288. The second kappa shape index (κ2) is 7.11. The van der Waals surface area contributed by atoms with Gasteiger partial charge in [-0.25, -0.2) is 14.8 Å². The Hall–Kier alpha value is -3.15. The summed E-state index contributed by atoms with van der Waals surface area (Å²) < 4.78 is 10.6. The second-order valence-electron chi connectivity index (χ2n) is 6.90. The number of aromatic nitrogens is 2. The topological polar surface area (TPSA) is 87.3 Å². The monoisotopic (exact) mass is 377 g/mol. The van der Waals surface area contributed by atoms with Crippen LogP contribution in [-0.2, 0) is 17.6 Å². The quantitative estimate of drug-likeness (QED) is 0.695. The van der Waals surface area contributed by atoms with E-state index in [0.29, 0.717) is 22.6 Å². The van der Waals surface area contributed by atoms with Crippen molar-refractivity contribution in [2.75, 3.05) is 19.5 Å². The second-order valence-corrected chi connectivity index (χ2v) is 6.90. The molecule has 0 saturated heterocycles. The van der Waals surface area contributed by atoms with Crippen LogP contribution in [0, 0.1) is 6.92 Å². The van der Waals surface area contributed by atoms with Crippen molar-refractivity contribution in [2.45, 2.75) is 33.1 Å². The lowest BCUT2D eigenvalue weighted by Crippen LogP contribution is -2.12. The molecule has 0 saturated carbocycles. The molecule has 6 nitrogen and oxygen atoms in total. The van der Waals surface area contributed by atoms with E-state index in [0.717, 1.165) is 52.8 Å². The lowest BCUT2D eigenvalue weighted by molar-refractivity contribution is 0.0526. The predicted octanol–water partition coefficient (Wildman–Crippen LogP) is 3.86. The number of esters is 1. The van der Waals surface area contributed by atoms with Crippen LogP contribution in [0.15, 0.2) is 24.3 Å². The zero-order valence-electron chi connectivity index (χ0n) is 16.3. The first-order valence-corrected chi connectivity index (χ1v) is 9.48. The third-order valence-corrected chi connectivity index (χ3v) is 5.24. The number of nitrogens with two attached hydrogens (primary N) is 1. The molecule has 2 aromatic heterocycles. The van der Waals surface area contributed by atoms with Gasteiger partial charge < -0.3 is 15.2 Å². The molecular formula is C22H23N3O3. The standard InChI is InChI=1S/C22H23N3O3/c1-4-28-22(26)17-12(2)24-21-19(20(23)15-6-5-7-16(15)25-21)18(17)13-8-10-14(27-3)11-9-13/h8-11H,4-7H2,1-3H3,(H2,23,24,25). The van der Waals surface area contributed by atoms with Crippen molar-refractivity contribution < 1.29 is 14.3 Å². The van der Waals surface area contributed by atoms with Gasteiger partial charge in [0.15, 0.2) is 5.65 Å². The number of nitrogens with zero attached hydrogens (tertiary/aromatic N) is 2. The molecule has 0 fully saturated rings. The molecule has 0 unspecified atom stereocenters. The van der Waals surface area contributed by atoms with Crippen LogP contribution in [0.5, 0.6) is 5.75 Å². The van der Waals surface area contributed by atoms with E-state index in [4.69, 9.17) is 20.2 Å². The van der Waals surface area contributed by atoms with E-state index in [1.165, 1.54) is 0 Å². The number of nitrogen functional groups attached to an aromatic ring is 1. The van der Waals surface area contributed by atoms with Crippen LogP contribution in [0.4, 0.5) is 5.69 Å². The van der Waals surface area contributed by atoms with Gasteiger partial charge in [-0.1, -0.05) is 12.1 Å².